The highest BCUT2D eigenvalue weighted by Gasteiger charge is 2.14. The number of hydrogen-bond donors (Lipinski definition) is 2. The summed E-state index contributed by atoms with van der Waals surface area (Å²) in [7, 11) is 0. The van der Waals surface area contributed by atoms with Gasteiger partial charge in [-0.25, -0.2) is 4.79 Å². The monoisotopic (exact) mass is 356 g/mol. The van der Waals surface area contributed by atoms with Crippen molar-refractivity contribution < 1.29 is 9.53 Å². The standard InChI is InChI=1S/C22H32N2O2/c1-4-26-22(25)17(2)15-21(23-16-19-11-7-5-8-12-19)18(3)24-20-13-9-6-10-14-20/h5,7-8,11-12,15,20,23-24H,4,6,9-10,13-14,16H2,1-3H3/b17-15+,21-18-. The van der Waals surface area contributed by atoms with Gasteiger partial charge in [-0.3, -0.25) is 0 Å². The van der Waals surface area contributed by atoms with Crippen molar-refractivity contribution in [3.8, 4) is 0 Å². The normalized spacial score (nSPS) is 16.7. The summed E-state index contributed by atoms with van der Waals surface area (Å²) in [6.45, 7) is 6.81. The Kier molecular flexibility index (Phi) is 8.26. The van der Waals surface area contributed by atoms with Crippen LogP contribution in [0.25, 0.3) is 0 Å². The number of benzene rings is 1. The van der Waals surface area contributed by atoms with Crippen LogP contribution in [-0.2, 0) is 16.1 Å². The largest absolute Gasteiger partial charge is 0.463 e. The fourth-order valence-corrected chi connectivity index (χ4v) is 3.24. The van der Waals surface area contributed by atoms with Gasteiger partial charge in [0, 0.05) is 23.9 Å². The molecule has 2 rings (SSSR count). The second-order valence-electron chi connectivity index (χ2n) is 6.90. The van der Waals surface area contributed by atoms with Crippen LogP contribution in [0.2, 0.25) is 0 Å². The Morgan fingerprint density at radius 2 is 1.85 bits per heavy atom. The fourth-order valence-electron chi connectivity index (χ4n) is 3.24. The number of ether oxygens (including phenoxy) is 1. The van der Waals surface area contributed by atoms with Gasteiger partial charge in [-0.2, -0.15) is 0 Å². The summed E-state index contributed by atoms with van der Waals surface area (Å²) in [5.41, 5.74) is 3.84. The Morgan fingerprint density at radius 1 is 1.15 bits per heavy atom. The average Bonchev–Trinajstić information content (AvgIpc) is 2.66. The molecule has 0 aliphatic heterocycles. The van der Waals surface area contributed by atoms with E-state index in [0.29, 0.717) is 24.8 Å². The summed E-state index contributed by atoms with van der Waals surface area (Å²) >= 11 is 0. The third-order valence-electron chi connectivity index (χ3n) is 4.71. The van der Waals surface area contributed by atoms with Gasteiger partial charge in [0.1, 0.15) is 0 Å². The van der Waals surface area contributed by atoms with Crippen molar-refractivity contribution in [2.24, 2.45) is 0 Å². The number of hydrogen-bond acceptors (Lipinski definition) is 4. The van der Waals surface area contributed by atoms with E-state index in [4.69, 9.17) is 4.74 Å². The van der Waals surface area contributed by atoms with Gasteiger partial charge in [-0.1, -0.05) is 49.6 Å². The maximum Gasteiger partial charge on any atom is 0.333 e. The third-order valence-corrected chi connectivity index (χ3v) is 4.71. The van der Waals surface area contributed by atoms with Crippen molar-refractivity contribution >= 4 is 5.97 Å². The lowest BCUT2D eigenvalue weighted by molar-refractivity contribution is -0.138. The second-order valence-corrected chi connectivity index (χ2v) is 6.90. The first-order valence-corrected chi connectivity index (χ1v) is 9.70. The first-order chi connectivity index (χ1) is 12.6. The smallest absolute Gasteiger partial charge is 0.333 e. The van der Waals surface area contributed by atoms with Crippen molar-refractivity contribution in [2.45, 2.75) is 65.5 Å². The van der Waals surface area contributed by atoms with Crippen LogP contribution in [0.1, 0.15) is 58.4 Å². The Hall–Kier alpha value is -2.23. The maximum atomic E-state index is 12.0. The van der Waals surface area contributed by atoms with Crippen LogP contribution in [0.15, 0.2) is 53.4 Å². The van der Waals surface area contributed by atoms with Crippen molar-refractivity contribution in [3.63, 3.8) is 0 Å². The number of rotatable bonds is 8. The Balaban J connectivity index is 2.14. The lowest BCUT2D eigenvalue weighted by Gasteiger charge is -2.25. The summed E-state index contributed by atoms with van der Waals surface area (Å²) in [5, 5.41) is 7.14. The Bertz CT molecular complexity index is 629. The molecule has 0 bridgehead atoms. The molecule has 1 aliphatic carbocycles. The predicted molar refractivity (Wildman–Crippen MR) is 106 cm³/mol. The van der Waals surface area contributed by atoms with Gasteiger partial charge in [-0.05, 0) is 45.3 Å². The van der Waals surface area contributed by atoms with Crippen LogP contribution in [0, 0.1) is 0 Å². The summed E-state index contributed by atoms with van der Waals surface area (Å²) in [5.74, 6) is -0.267. The number of esters is 1. The van der Waals surface area contributed by atoms with Gasteiger partial charge >= 0.3 is 5.97 Å². The molecule has 1 aromatic carbocycles. The summed E-state index contributed by atoms with van der Waals surface area (Å²) in [4.78, 5) is 12.0. The lowest BCUT2D eigenvalue weighted by Crippen LogP contribution is -2.31. The lowest BCUT2D eigenvalue weighted by atomic mass is 9.95. The molecule has 1 aromatic rings. The van der Waals surface area contributed by atoms with Crippen LogP contribution >= 0.6 is 0 Å². The van der Waals surface area contributed by atoms with Crippen molar-refractivity contribution in [1.29, 1.82) is 0 Å². The van der Waals surface area contributed by atoms with E-state index in [1.54, 1.807) is 6.92 Å². The number of carbonyl (C=O) groups is 1. The van der Waals surface area contributed by atoms with Crippen LogP contribution in [0.4, 0.5) is 0 Å². The molecule has 4 heteroatoms. The number of allylic oxidation sites excluding steroid dienone is 2. The topological polar surface area (TPSA) is 50.4 Å². The molecule has 0 amide bonds. The van der Waals surface area contributed by atoms with Gasteiger partial charge in [0.2, 0.25) is 0 Å². The zero-order chi connectivity index (χ0) is 18.8. The minimum Gasteiger partial charge on any atom is -0.463 e. The highest BCUT2D eigenvalue weighted by molar-refractivity contribution is 5.88. The molecule has 0 heterocycles. The predicted octanol–water partition coefficient (Wildman–Crippen LogP) is 4.44. The summed E-state index contributed by atoms with van der Waals surface area (Å²) < 4.78 is 5.12. The molecule has 0 saturated heterocycles. The van der Waals surface area contributed by atoms with Crippen molar-refractivity contribution in [1.82, 2.24) is 10.6 Å². The quantitative estimate of drug-likeness (QED) is 0.411. The van der Waals surface area contributed by atoms with E-state index in [-0.39, 0.29) is 5.97 Å². The fraction of sp³-hybridized carbons (Fsp3) is 0.500. The van der Waals surface area contributed by atoms with E-state index >= 15 is 0 Å². The molecule has 0 radical (unpaired) electrons. The Labute approximate surface area is 157 Å². The molecule has 26 heavy (non-hydrogen) atoms. The highest BCUT2D eigenvalue weighted by atomic mass is 16.5. The number of nitrogens with one attached hydrogen (secondary N) is 2. The van der Waals surface area contributed by atoms with Gasteiger partial charge in [0.25, 0.3) is 0 Å². The molecule has 2 N–H and O–H groups in total. The van der Waals surface area contributed by atoms with Gasteiger partial charge in [-0.15, -0.1) is 0 Å². The minimum absolute atomic E-state index is 0.267. The van der Waals surface area contributed by atoms with E-state index in [9.17, 15) is 4.79 Å². The van der Waals surface area contributed by atoms with E-state index in [0.717, 1.165) is 11.4 Å². The van der Waals surface area contributed by atoms with Crippen molar-refractivity contribution in [3.05, 3.63) is 58.9 Å². The van der Waals surface area contributed by atoms with Crippen LogP contribution in [0.5, 0.6) is 0 Å². The molecule has 1 aliphatic rings. The van der Waals surface area contributed by atoms with Gasteiger partial charge < -0.3 is 15.4 Å². The van der Waals surface area contributed by atoms with Gasteiger partial charge in [0.05, 0.1) is 12.3 Å². The SMILES string of the molecule is CCOC(=O)/C(C)=C/C(NCc1ccccc1)=C(\C)NC1CCCCC1. The van der Waals surface area contributed by atoms with Crippen LogP contribution in [0.3, 0.4) is 0 Å². The molecular weight excluding hydrogens is 324 g/mol. The molecule has 0 spiro atoms. The summed E-state index contributed by atoms with van der Waals surface area (Å²) in [6.07, 6.45) is 8.23. The van der Waals surface area contributed by atoms with Gasteiger partial charge in [0.15, 0.2) is 0 Å². The van der Waals surface area contributed by atoms with Crippen molar-refractivity contribution in [2.75, 3.05) is 6.61 Å². The van der Waals surface area contributed by atoms with Crippen LogP contribution in [-0.4, -0.2) is 18.6 Å². The van der Waals surface area contributed by atoms with E-state index in [2.05, 4.69) is 29.7 Å². The Morgan fingerprint density at radius 3 is 2.50 bits per heavy atom. The zero-order valence-corrected chi connectivity index (χ0v) is 16.3. The van der Waals surface area contributed by atoms with E-state index < -0.39 is 0 Å². The molecule has 1 fully saturated rings. The molecule has 1 saturated carbocycles. The zero-order valence-electron chi connectivity index (χ0n) is 16.3. The first-order valence-electron chi connectivity index (χ1n) is 9.70. The highest BCUT2D eigenvalue weighted by Crippen LogP contribution is 2.19. The minimum atomic E-state index is -0.267. The molecule has 4 nitrogen and oxygen atoms in total. The molecular formula is C22H32N2O2. The molecule has 142 valence electrons. The second kappa shape index (κ2) is 10.7. The number of carbonyl (C=O) groups excluding carboxylic acids is 1. The summed E-state index contributed by atoms with van der Waals surface area (Å²) in [6, 6.07) is 10.8. The molecule has 0 atom stereocenters. The van der Waals surface area contributed by atoms with E-state index in [1.807, 2.05) is 31.2 Å². The van der Waals surface area contributed by atoms with Crippen LogP contribution < -0.4 is 10.6 Å². The molecule has 0 aromatic heterocycles. The molecule has 0 unspecified atom stereocenters. The van der Waals surface area contributed by atoms with E-state index in [1.165, 1.54) is 37.7 Å². The average molecular weight is 357 g/mol. The maximum absolute atomic E-state index is 12.0. The third kappa shape index (κ3) is 6.58. The first kappa shape index (κ1) is 20.1.